The van der Waals surface area contributed by atoms with E-state index in [4.69, 9.17) is 27.6 Å². The Morgan fingerprint density at radius 1 is 1.21 bits per heavy atom. The summed E-state index contributed by atoms with van der Waals surface area (Å²) in [5, 5.41) is 4.50. The van der Waals surface area contributed by atoms with Crippen molar-refractivity contribution in [2.75, 3.05) is 0 Å². The summed E-state index contributed by atoms with van der Waals surface area (Å²) in [6.07, 6.45) is 0. The molecule has 1 atom stereocenters. The number of halogens is 4. The van der Waals surface area contributed by atoms with E-state index in [0.29, 0.717) is 21.3 Å². The highest BCUT2D eigenvalue weighted by Gasteiger charge is 2.10. The van der Waals surface area contributed by atoms with Gasteiger partial charge in [0.1, 0.15) is 5.76 Å². The van der Waals surface area contributed by atoms with E-state index in [2.05, 4.69) is 44.1 Å². The van der Waals surface area contributed by atoms with Crippen LogP contribution in [0.3, 0.4) is 0 Å². The van der Waals surface area contributed by atoms with Crippen molar-refractivity contribution in [1.82, 2.24) is 5.32 Å². The molecule has 2 nitrogen and oxygen atoms in total. The van der Waals surface area contributed by atoms with Gasteiger partial charge in [-0.15, -0.1) is 0 Å². The molecule has 1 heterocycles. The summed E-state index contributed by atoms with van der Waals surface area (Å²) in [4.78, 5) is 0. The number of nitrogens with one attached hydrogen (secondary N) is 1. The van der Waals surface area contributed by atoms with Gasteiger partial charge in [0, 0.05) is 6.04 Å². The first-order chi connectivity index (χ1) is 8.97. The predicted molar refractivity (Wildman–Crippen MR) is 85.8 cm³/mol. The van der Waals surface area contributed by atoms with Gasteiger partial charge in [0.2, 0.25) is 0 Å². The van der Waals surface area contributed by atoms with Crippen molar-refractivity contribution in [3.05, 3.63) is 54.8 Å². The van der Waals surface area contributed by atoms with Gasteiger partial charge in [-0.05, 0) is 62.5 Å². The van der Waals surface area contributed by atoms with Crippen molar-refractivity contribution in [3.8, 4) is 0 Å². The van der Waals surface area contributed by atoms with E-state index >= 15 is 0 Å². The number of hydrogen-bond donors (Lipinski definition) is 1. The zero-order valence-corrected chi connectivity index (χ0v) is 14.7. The standard InChI is InChI=1S/C13H11Br2Cl2NO/c1-7(8-2-3-11(16)12(17)4-8)18-6-9-5-10(14)13(15)19-9/h2-5,7,18H,6H2,1H3. The molecule has 0 amide bonds. The lowest BCUT2D eigenvalue weighted by molar-refractivity contribution is 0.446. The zero-order chi connectivity index (χ0) is 14.0. The number of rotatable bonds is 4. The van der Waals surface area contributed by atoms with Crippen molar-refractivity contribution in [1.29, 1.82) is 0 Å². The first-order valence-electron chi connectivity index (χ1n) is 5.59. The maximum absolute atomic E-state index is 6.01. The number of hydrogen-bond acceptors (Lipinski definition) is 2. The van der Waals surface area contributed by atoms with Crippen molar-refractivity contribution in [3.63, 3.8) is 0 Å². The highest BCUT2D eigenvalue weighted by Crippen LogP contribution is 2.28. The lowest BCUT2D eigenvalue weighted by Gasteiger charge is -2.14. The van der Waals surface area contributed by atoms with E-state index in [9.17, 15) is 0 Å². The molecule has 0 aliphatic carbocycles. The molecule has 0 bridgehead atoms. The summed E-state index contributed by atoms with van der Waals surface area (Å²) in [7, 11) is 0. The summed E-state index contributed by atoms with van der Waals surface area (Å²) < 4.78 is 7.11. The molecule has 0 aliphatic rings. The van der Waals surface area contributed by atoms with Gasteiger partial charge in [0.05, 0.1) is 21.1 Å². The molecule has 2 aromatic rings. The quantitative estimate of drug-likeness (QED) is 0.651. The van der Waals surface area contributed by atoms with Gasteiger partial charge < -0.3 is 9.73 Å². The molecule has 6 heteroatoms. The molecule has 1 aromatic carbocycles. The van der Waals surface area contributed by atoms with Gasteiger partial charge in [-0.1, -0.05) is 29.3 Å². The van der Waals surface area contributed by atoms with Crippen molar-refractivity contribution in [2.24, 2.45) is 0 Å². The Morgan fingerprint density at radius 3 is 2.53 bits per heavy atom. The van der Waals surface area contributed by atoms with Crippen LogP contribution in [0.25, 0.3) is 0 Å². The Kier molecular flexibility index (Phi) is 5.37. The van der Waals surface area contributed by atoms with Crippen molar-refractivity contribution >= 4 is 55.1 Å². The molecular formula is C13H11Br2Cl2NO. The second kappa shape index (κ2) is 6.64. The Bertz CT molecular complexity index is 567. The Labute approximate surface area is 138 Å². The summed E-state index contributed by atoms with van der Waals surface area (Å²) in [5.74, 6) is 0.852. The second-order valence-corrected chi connectivity index (χ2v) is 6.50. The lowest BCUT2D eigenvalue weighted by Crippen LogP contribution is -2.17. The van der Waals surface area contributed by atoms with Crippen LogP contribution >= 0.6 is 55.1 Å². The van der Waals surface area contributed by atoms with E-state index in [1.54, 1.807) is 6.07 Å². The maximum atomic E-state index is 6.01. The lowest BCUT2D eigenvalue weighted by atomic mass is 10.1. The largest absolute Gasteiger partial charge is 0.452 e. The van der Waals surface area contributed by atoms with Crippen LogP contribution in [0, 0.1) is 0 Å². The van der Waals surface area contributed by atoms with E-state index in [1.165, 1.54) is 0 Å². The van der Waals surface area contributed by atoms with Gasteiger partial charge in [0.25, 0.3) is 0 Å². The molecule has 102 valence electrons. The fraction of sp³-hybridized carbons (Fsp3) is 0.231. The molecule has 1 unspecified atom stereocenters. The Hall–Kier alpha value is -0.000000000000000167. The fourth-order valence-electron chi connectivity index (χ4n) is 1.63. The highest BCUT2D eigenvalue weighted by atomic mass is 79.9. The number of furan rings is 1. The van der Waals surface area contributed by atoms with Gasteiger partial charge in [-0.2, -0.15) is 0 Å². The Balaban J connectivity index is 2.00. The molecule has 19 heavy (non-hydrogen) atoms. The third-order valence-electron chi connectivity index (χ3n) is 2.72. The van der Waals surface area contributed by atoms with Crippen LogP contribution in [-0.4, -0.2) is 0 Å². The van der Waals surface area contributed by atoms with Crippen LogP contribution in [0.4, 0.5) is 0 Å². The average Bonchev–Trinajstić information content (AvgIpc) is 2.69. The smallest absolute Gasteiger partial charge is 0.183 e. The van der Waals surface area contributed by atoms with Gasteiger partial charge in [0.15, 0.2) is 4.67 Å². The SMILES string of the molecule is CC(NCc1cc(Br)c(Br)o1)c1ccc(Cl)c(Cl)c1. The normalized spacial score (nSPS) is 12.7. The molecule has 0 radical (unpaired) electrons. The summed E-state index contributed by atoms with van der Waals surface area (Å²) in [6, 6.07) is 7.71. The van der Waals surface area contributed by atoms with Crippen LogP contribution in [0.15, 0.2) is 37.8 Å². The van der Waals surface area contributed by atoms with Gasteiger partial charge in [-0.25, -0.2) is 0 Å². The topological polar surface area (TPSA) is 25.2 Å². The third kappa shape index (κ3) is 3.99. The molecule has 0 aliphatic heterocycles. The van der Waals surface area contributed by atoms with Crippen LogP contribution in [-0.2, 0) is 6.54 Å². The van der Waals surface area contributed by atoms with Crippen LogP contribution < -0.4 is 5.32 Å². The van der Waals surface area contributed by atoms with Crippen molar-refractivity contribution < 1.29 is 4.42 Å². The molecule has 1 N–H and O–H groups in total. The first kappa shape index (κ1) is 15.4. The molecule has 0 spiro atoms. The zero-order valence-electron chi connectivity index (χ0n) is 10.0. The van der Waals surface area contributed by atoms with E-state index in [1.807, 2.05) is 18.2 Å². The summed E-state index contributed by atoms with van der Waals surface area (Å²) in [5.41, 5.74) is 1.08. The minimum absolute atomic E-state index is 0.150. The Morgan fingerprint density at radius 2 is 1.95 bits per heavy atom. The van der Waals surface area contributed by atoms with Gasteiger partial charge >= 0.3 is 0 Å². The maximum Gasteiger partial charge on any atom is 0.183 e. The second-order valence-electron chi connectivity index (χ2n) is 4.11. The molecule has 2 rings (SSSR count). The van der Waals surface area contributed by atoms with E-state index in [0.717, 1.165) is 15.8 Å². The molecule has 0 fully saturated rings. The fourth-order valence-corrected chi connectivity index (χ4v) is 2.60. The minimum Gasteiger partial charge on any atom is -0.452 e. The van der Waals surface area contributed by atoms with E-state index < -0.39 is 0 Å². The van der Waals surface area contributed by atoms with Gasteiger partial charge in [-0.3, -0.25) is 0 Å². The summed E-state index contributed by atoms with van der Waals surface area (Å²) in [6.45, 7) is 2.69. The molecule has 0 saturated carbocycles. The van der Waals surface area contributed by atoms with E-state index in [-0.39, 0.29) is 6.04 Å². The van der Waals surface area contributed by atoms with Crippen LogP contribution in [0.5, 0.6) is 0 Å². The monoisotopic (exact) mass is 425 g/mol. The van der Waals surface area contributed by atoms with Crippen LogP contribution in [0.1, 0.15) is 24.3 Å². The predicted octanol–water partition coefficient (Wildman–Crippen LogP) is 5.96. The molecule has 1 aromatic heterocycles. The molecule has 0 saturated heterocycles. The first-order valence-corrected chi connectivity index (χ1v) is 7.93. The highest BCUT2D eigenvalue weighted by molar-refractivity contribution is 9.13. The minimum atomic E-state index is 0.150. The van der Waals surface area contributed by atoms with Crippen molar-refractivity contribution in [2.45, 2.75) is 19.5 Å². The molecular weight excluding hydrogens is 417 g/mol. The summed E-state index contributed by atoms with van der Waals surface area (Å²) >= 11 is 18.6. The third-order valence-corrected chi connectivity index (χ3v) is 5.17. The number of benzene rings is 1. The van der Waals surface area contributed by atoms with Crippen LogP contribution in [0.2, 0.25) is 10.0 Å². The average molecular weight is 428 g/mol.